The molecule has 1 fully saturated rings. The van der Waals surface area contributed by atoms with Crippen LogP contribution in [0.5, 0.6) is 0 Å². The van der Waals surface area contributed by atoms with Crippen LogP contribution in [0.1, 0.15) is 39.0 Å². The summed E-state index contributed by atoms with van der Waals surface area (Å²) < 4.78 is 5.45. The van der Waals surface area contributed by atoms with E-state index in [2.05, 4.69) is 42.2 Å². The second-order valence-corrected chi connectivity index (χ2v) is 5.51. The topological polar surface area (TPSA) is 12.5 Å². The lowest BCUT2D eigenvalue weighted by Gasteiger charge is -2.33. The number of nitrogens with zero attached hydrogens (tertiary/aromatic N) is 1. The van der Waals surface area contributed by atoms with E-state index in [4.69, 9.17) is 4.74 Å². The van der Waals surface area contributed by atoms with Gasteiger partial charge in [0.05, 0.1) is 0 Å². The lowest BCUT2D eigenvalue weighted by Crippen LogP contribution is -2.33. The fourth-order valence-corrected chi connectivity index (χ4v) is 2.83. The Morgan fingerprint density at radius 3 is 3.00 bits per heavy atom. The third-order valence-electron chi connectivity index (χ3n) is 4.02. The van der Waals surface area contributed by atoms with Gasteiger partial charge >= 0.3 is 0 Å². The molecule has 2 aliphatic rings. The van der Waals surface area contributed by atoms with Crippen molar-refractivity contribution in [2.24, 2.45) is 5.92 Å². The van der Waals surface area contributed by atoms with Gasteiger partial charge < -0.3 is 9.64 Å². The van der Waals surface area contributed by atoms with Gasteiger partial charge in [-0.05, 0) is 51.0 Å². The summed E-state index contributed by atoms with van der Waals surface area (Å²) in [5.41, 5.74) is 1.53. The molecule has 106 valence electrons. The maximum Gasteiger partial charge on any atom is 0.0469 e. The third-order valence-corrected chi connectivity index (χ3v) is 4.02. The molecule has 0 amide bonds. The van der Waals surface area contributed by atoms with Gasteiger partial charge in [0.1, 0.15) is 0 Å². The van der Waals surface area contributed by atoms with Crippen molar-refractivity contribution in [1.82, 2.24) is 4.90 Å². The molecular formula is C17H27NO. The molecule has 0 radical (unpaired) electrons. The van der Waals surface area contributed by atoms with Crippen molar-refractivity contribution >= 4 is 0 Å². The van der Waals surface area contributed by atoms with Gasteiger partial charge in [0.2, 0.25) is 0 Å². The molecule has 2 heterocycles. The SMILES string of the molecule is C/C=C/CCCC1=CC=CCN1CC1CCOCC1. The van der Waals surface area contributed by atoms with Crippen molar-refractivity contribution in [2.75, 3.05) is 26.3 Å². The molecule has 19 heavy (non-hydrogen) atoms. The van der Waals surface area contributed by atoms with Crippen LogP contribution >= 0.6 is 0 Å². The lowest BCUT2D eigenvalue weighted by atomic mass is 9.98. The van der Waals surface area contributed by atoms with Crippen LogP contribution in [-0.4, -0.2) is 31.2 Å². The number of rotatable bonds is 6. The first-order chi connectivity index (χ1) is 9.40. The molecule has 0 bridgehead atoms. The molecule has 2 rings (SSSR count). The Kier molecular flexibility index (Phi) is 6.22. The molecule has 1 saturated heterocycles. The summed E-state index contributed by atoms with van der Waals surface area (Å²) in [5.74, 6) is 0.819. The first-order valence-electron chi connectivity index (χ1n) is 7.69. The van der Waals surface area contributed by atoms with Gasteiger partial charge in [-0.25, -0.2) is 0 Å². The van der Waals surface area contributed by atoms with Crippen LogP contribution in [0.3, 0.4) is 0 Å². The van der Waals surface area contributed by atoms with Crippen LogP contribution in [0.2, 0.25) is 0 Å². The summed E-state index contributed by atoms with van der Waals surface area (Å²) in [4.78, 5) is 2.58. The quantitative estimate of drug-likeness (QED) is 0.531. The molecule has 0 aromatic carbocycles. The highest BCUT2D eigenvalue weighted by atomic mass is 16.5. The molecule has 2 aliphatic heterocycles. The minimum atomic E-state index is 0.819. The Hall–Kier alpha value is -1.02. The zero-order chi connectivity index (χ0) is 13.3. The summed E-state index contributed by atoms with van der Waals surface area (Å²) in [5, 5.41) is 0. The molecule has 0 atom stereocenters. The Balaban J connectivity index is 1.80. The maximum atomic E-state index is 5.45. The largest absolute Gasteiger partial charge is 0.381 e. The average Bonchev–Trinajstić information content (AvgIpc) is 2.46. The highest BCUT2D eigenvalue weighted by Gasteiger charge is 2.19. The monoisotopic (exact) mass is 261 g/mol. The molecule has 0 N–H and O–H groups in total. The van der Waals surface area contributed by atoms with E-state index in [0.717, 1.165) is 25.7 Å². The zero-order valence-corrected chi connectivity index (χ0v) is 12.2. The fourth-order valence-electron chi connectivity index (χ4n) is 2.83. The number of unbranched alkanes of at least 4 members (excludes halogenated alkanes) is 1. The minimum absolute atomic E-state index is 0.819. The molecule has 0 spiro atoms. The molecule has 0 saturated carbocycles. The first-order valence-corrected chi connectivity index (χ1v) is 7.69. The number of hydrogen-bond donors (Lipinski definition) is 0. The summed E-state index contributed by atoms with van der Waals surface area (Å²) in [7, 11) is 0. The molecular weight excluding hydrogens is 234 g/mol. The molecule has 0 aliphatic carbocycles. The molecule has 0 aromatic rings. The van der Waals surface area contributed by atoms with Crippen molar-refractivity contribution in [3.8, 4) is 0 Å². The predicted octanol–water partition coefficient (Wildman–Crippen LogP) is 3.92. The Labute approximate surface area is 117 Å². The average molecular weight is 261 g/mol. The van der Waals surface area contributed by atoms with Gasteiger partial charge in [0.15, 0.2) is 0 Å². The van der Waals surface area contributed by atoms with Gasteiger partial charge in [0.25, 0.3) is 0 Å². The second kappa shape index (κ2) is 8.21. The summed E-state index contributed by atoms with van der Waals surface area (Å²) in [6.07, 6.45) is 17.3. The van der Waals surface area contributed by atoms with Gasteiger partial charge in [-0.3, -0.25) is 0 Å². The molecule has 0 unspecified atom stereocenters. The van der Waals surface area contributed by atoms with Gasteiger partial charge in [-0.1, -0.05) is 24.3 Å². The van der Waals surface area contributed by atoms with Gasteiger partial charge in [-0.2, -0.15) is 0 Å². The maximum absolute atomic E-state index is 5.45. The van der Waals surface area contributed by atoms with E-state index in [1.807, 2.05) is 0 Å². The van der Waals surface area contributed by atoms with E-state index in [1.165, 1.54) is 44.3 Å². The van der Waals surface area contributed by atoms with E-state index in [-0.39, 0.29) is 0 Å². The van der Waals surface area contributed by atoms with Crippen molar-refractivity contribution < 1.29 is 4.74 Å². The van der Waals surface area contributed by atoms with Crippen LogP contribution < -0.4 is 0 Å². The minimum Gasteiger partial charge on any atom is -0.381 e. The van der Waals surface area contributed by atoms with Crippen LogP contribution in [0.25, 0.3) is 0 Å². The first kappa shape index (κ1) is 14.4. The van der Waals surface area contributed by atoms with E-state index < -0.39 is 0 Å². The van der Waals surface area contributed by atoms with Crippen molar-refractivity contribution in [1.29, 1.82) is 0 Å². The second-order valence-electron chi connectivity index (χ2n) is 5.51. The Morgan fingerprint density at radius 2 is 2.21 bits per heavy atom. The summed E-state index contributed by atoms with van der Waals surface area (Å²) >= 11 is 0. The molecule has 2 nitrogen and oxygen atoms in total. The van der Waals surface area contributed by atoms with Crippen LogP contribution in [-0.2, 0) is 4.74 Å². The number of hydrogen-bond acceptors (Lipinski definition) is 2. The van der Waals surface area contributed by atoms with E-state index in [9.17, 15) is 0 Å². The van der Waals surface area contributed by atoms with Crippen LogP contribution in [0, 0.1) is 5.92 Å². The Morgan fingerprint density at radius 1 is 1.37 bits per heavy atom. The zero-order valence-electron chi connectivity index (χ0n) is 12.2. The van der Waals surface area contributed by atoms with Crippen LogP contribution in [0.15, 0.2) is 36.1 Å². The van der Waals surface area contributed by atoms with E-state index in [0.29, 0.717) is 0 Å². The predicted molar refractivity (Wildman–Crippen MR) is 81.0 cm³/mol. The fraction of sp³-hybridized carbons (Fsp3) is 0.647. The lowest BCUT2D eigenvalue weighted by molar-refractivity contribution is 0.0571. The normalized spacial score (nSPS) is 21.1. The molecule has 2 heteroatoms. The van der Waals surface area contributed by atoms with Crippen molar-refractivity contribution in [3.63, 3.8) is 0 Å². The highest BCUT2D eigenvalue weighted by Crippen LogP contribution is 2.22. The van der Waals surface area contributed by atoms with Gasteiger partial charge in [0, 0.05) is 32.0 Å². The van der Waals surface area contributed by atoms with Gasteiger partial charge in [-0.15, -0.1) is 0 Å². The summed E-state index contributed by atoms with van der Waals surface area (Å²) in [6, 6.07) is 0. The highest BCUT2D eigenvalue weighted by molar-refractivity contribution is 5.18. The molecule has 0 aromatic heterocycles. The number of ether oxygens (including phenoxy) is 1. The van der Waals surface area contributed by atoms with Crippen molar-refractivity contribution in [2.45, 2.75) is 39.0 Å². The summed E-state index contributed by atoms with van der Waals surface area (Å²) in [6.45, 7) is 6.30. The Bertz CT molecular complexity index is 337. The number of allylic oxidation sites excluding steroid dienone is 5. The standard InChI is InChI=1S/C17H27NO/c1-2-3-4-5-8-17-9-6-7-12-18(17)15-16-10-13-19-14-11-16/h2-3,6-7,9,16H,4-5,8,10-15H2,1H3/b3-2+. The van der Waals surface area contributed by atoms with Crippen LogP contribution in [0.4, 0.5) is 0 Å². The van der Waals surface area contributed by atoms with Crippen molar-refractivity contribution in [3.05, 3.63) is 36.1 Å². The van der Waals surface area contributed by atoms with E-state index in [1.54, 1.807) is 0 Å². The third kappa shape index (κ3) is 4.87. The smallest absolute Gasteiger partial charge is 0.0469 e. The van der Waals surface area contributed by atoms with E-state index >= 15 is 0 Å².